The molecule has 2 fully saturated rings. The highest BCUT2D eigenvalue weighted by molar-refractivity contribution is 6.43. The molecule has 1 aliphatic heterocycles. The van der Waals surface area contributed by atoms with Crippen LogP contribution in [0.15, 0.2) is 45.4 Å². The zero-order valence-corrected chi connectivity index (χ0v) is 25.8. The van der Waals surface area contributed by atoms with Crippen molar-refractivity contribution in [2.24, 2.45) is 39.6 Å². The Bertz CT molecular complexity index is 916. The molecule has 39 heavy (non-hydrogen) atoms. The highest BCUT2D eigenvalue weighted by Gasteiger charge is 2.32. The van der Waals surface area contributed by atoms with Crippen LogP contribution in [-0.2, 0) is 9.53 Å². The van der Waals surface area contributed by atoms with E-state index in [-0.39, 0.29) is 6.04 Å². The molecule has 0 amide bonds. The molecule has 0 aromatic carbocycles. The van der Waals surface area contributed by atoms with E-state index in [9.17, 15) is 4.79 Å². The molecule has 2 saturated carbocycles. The fourth-order valence-corrected chi connectivity index (χ4v) is 6.63. The summed E-state index contributed by atoms with van der Waals surface area (Å²) < 4.78 is 6.45. The number of aliphatic imine (C=N–C) groups is 2. The second-order valence-corrected chi connectivity index (χ2v) is 12.9. The van der Waals surface area contributed by atoms with E-state index in [1.807, 2.05) is 13.0 Å². The first-order chi connectivity index (χ1) is 18.8. The first-order valence-electron chi connectivity index (χ1n) is 15.7. The van der Waals surface area contributed by atoms with Crippen LogP contribution in [0.3, 0.4) is 0 Å². The Kier molecular flexibility index (Phi) is 13.5. The Balaban J connectivity index is 1.46. The number of carbonyl (C=O) groups excluding carboxylic acids is 1. The standard InChI is InChI=1S/C34H53ClN2O2/c1-6-33(32(35)22-24(2)3)36-20-19-27(8-7-21-38)12-13-29-15-18-34(37-26(29)5)39-31-16-9-25(4)30(14-17-31)23-28-10-11-28/h15,18,21-22,25-31H,2,6-14,16-17,19-20,23H2,1,3-5H3/b32-22+,36-33?. The quantitative estimate of drug-likeness (QED) is 0.0873. The molecule has 218 valence electrons. The van der Waals surface area contributed by atoms with Crippen molar-refractivity contribution >= 4 is 29.5 Å². The van der Waals surface area contributed by atoms with Crippen molar-refractivity contribution in [1.82, 2.24) is 0 Å². The Morgan fingerprint density at radius 2 is 1.95 bits per heavy atom. The van der Waals surface area contributed by atoms with Crippen LogP contribution in [0.5, 0.6) is 0 Å². The van der Waals surface area contributed by atoms with Gasteiger partial charge < -0.3 is 9.53 Å². The molecule has 0 aromatic rings. The minimum atomic E-state index is 0.222. The van der Waals surface area contributed by atoms with Crippen LogP contribution >= 0.6 is 11.6 Å². The summed E-state index contributed by atoms with van der Waals surface area (Å²) in [6.07, 6.45) is 22.4. The molecular formula is C34H53ClN2O2. The lowest BCUT2D eigenvalue weighted by Gasteiger charge is -2.26. The molecule has 0 spiro atoms. The van der Waals surface area contributed by atoms with Crippen LogP contribution in [0, 0.1) is 29.6 Å². The number of aldehydes is 1. The minimum absolute atomic E-state index is 0.222. The predicted octanol–water partition coefficient (Wildman–Crippen LogP) is 9.29. The van der Waals surface area contributed by atoms with Gasteiger partial charge in [-0.1, -0.05) is 56.5 Å². The van der Waals surface area contributed by atoms with E-state index in [0.29, 0.717) is 29.4 Å². The van der Waals surface area contributed by atoms with Crippen molar-refractivity contribution in [3.8, 4) is 0 Å². The summed E-state index contributed by atoms with van der Waals surface area (Å²) in [6, 6.07) is 0.222. The van der Waals surface area contributed by atoms with E-state index in [1.165, 1.54) is 38.5 Å². The molecule has 3 aliphatic rings. The first kappa shape index (κ1) is 31.8. The first-order valence-corrected chi connectivity index (χ1v) is 16.1. The average molecular weight is 557 g/mol. The summed E-state index contributed by atoms with van der Waals surface area (Å²) in [4.78, 5) is 20.8. The molecule has 1 heterocycles. The van der Waals surface area contributed by atoms with E-state index in [0.717, 1.165) is 86.3 Å². The van der Waals surface area contributed by atoms with Crippen molar-refractivity contribution in [1.29, 1.82) is 0 Å². The summed E-state index contributed by atoms with van der Waals surface area (Å²) in [5.41, 5.74) is 1.86. The van der Waals surface area contributed by atoms with Gasteiger partial charge >= 0.3 is 0 Å². The lowest BCUT2D eigenvalue weighted by Crippen LogP contribution is -2.24. The average Bonchev–Trinajstić information content (AvgIpc) is 3.74. The Hall–Kier alpha value is -1.68. The molecule has 0 bridgehead atoms. The van der Waals surface area contributed by atoms with E-state index < -0.39 is 0 Å². The van der Waals surface area contributed by atoms with Crippen LogP contribution in [0.2, 0.25) is 0 Å². The smallest absolute Gasteiger partial charge is 0.208 e. The molecule has 0 saturated heterocycles. The third kappa shape index (κ3) is 11.4. The third-order valence-corrected chi connectivity index (χ3v) is 9.42. The van der Waals surface area contributed by atoms with Gasteiger partial charge in [0.05, 0.1) is 16.8 Å². The van der Waals surface area contributed by atoms with Gasteiger partial charge in [0.2, 0.25) is 5.90 Å². The van der Waals surface area contributed by atoms with E-state index >= 15 is 0 Å². The topological polar surface area (TPSA) is 51.0 Å². The maximum Gasteiger partial charge on any atom is 0.208 e. The van der Waals surface area contributed by atoms with Gasteiger partial charge in [0, 0.05) is 13.0 Å². The highest BCUT2D eigenvalue weighted by atomic mass is 35.5. The molecule has 6 unspecified atom stereocenters. The Morgan fingerprint density at radius 3 is 2.62 bits per heavy atom. The Labute approximate surface area is 243 Å². The zero-order chi connectivity index (χ0) is 28.2. The van der Waals surface area contributed by atoms with Crippen LogP contribution in [0.1, 0.15) is 111 Å². The van der Waals surface area contributed by atoms with Gasteiger partial charge in [0.15, 0.2) is 0 Å². The van der Waals surface area contributed by atoms with Gasteiger partial charge in [-0.25, -0.2) is 4.99 Å². The van der Waals surface area contributed by atoms with Gasteiger partial charge in [0.25, 0.3) is 0 Å². The van der Waals surface area contributed by atoms with Gasteiger partial charge in [-0.05, 0) is 120 Å². The fourth-order valence-electron chi connectivity index (χ4n) is 6.25. The van der Waals surface area contributed by atoms with Crippen LogP contribution < -0.4 is 0 Å². The highest BCUT2D eigenvalue weighted by Crippen LogP contribution is 2.42. The number of halogens is 1. The van der Waals surface area contributed by atoms with Gasteiger partial charge in [-0.3, -0.25) is 4.99 Å². The number of hydrogen-bond acceptors (Lipinski definition) is 4. The number of dihydropyridines is 1. The molecule has 3 rings (SSSR count). The summed E-state index contributed by atoms with van der Waals surface area (Å²) >= 11 is 6.43. The molecule has 0 aromatic heterocycles. The summed E-state index contributed by atoms with van der Waals surface area (Å²) in [5.74, 6) is 4.43. The monoisotopic (exact) mass is 556 g/mol. The summed E-state index contributed by atoms with van der Waals surface area (Å²) in [6.45, 7) is 13.3. The lowest BCUT2D eigenvalue weighted by atomic mass is 9.85. The normalized spacial score (nSPS) is 28.9. The number of rotatable bonds is 15. The molecule has 4 nitrogen and oxygen atoms in total. The minimum Gasteiger partial charge on any atom is -0.475 e. The van der Waals surface area contributed by atoms with Gasteiger partial charge in [0.1, 0.15) is 12.4 Å². The lowest BCUT2D eigenvalue weighted by molar-refractivity contribution is -0.108. The predicted molar refractivity (Wildman–Crippen MR) is 167 cm³/mol. The van der Waals surface area contributed by atoms with Gasteiger partial charge in [-0.2, -0.15) is 0 Å². The number of nitrogens with zero attached hydrogens (tertiary/aromatic N) is 2. The second kappa shape index (κ2) is 16.6. The number of ether oxygens (including phenoxy) is 1. The number of carbonyl (C=O) groups is 1. The molecule has 2 aliphatic carbocycles. The van der Waals surface area contributed by atoms with E-state index in [2.05, 4.69) is 39.5 Å². The summed E-state index contributed by atoms with van der Waals surface area (Å²) in [5, 5.41) is 0.683. The van der Waals surface area contributed by atoms with Crippen molar-refractivity contribution in [2.75, 3.05) is 6.54 Å². The maximum atomic E-state index is 11.1. The summed E-state index contributed by atoms with van der Waals surface area (Å²) in [7, 11) is 0. The van der Waals surface area contributed by atoms with Crippen LogP contribution in [0.25, 0.3) is 0 Å². The number of hydrogen-bond donors (Lipinski definition) is 0. The molecule has 0 radical (unpaired) electrons. The Morgan fingerprint density at radius 1 is 1.18 bits per heavy atom. The van der Waals surface area contributed by atoms with Crippen LogP contribution in [0.4, 0.5) is 0 Å². The SMILES string of the molecule is C=C(C)/C=C(/Cl)C(CC)=NCCC(CCC=O)CCC1C=CC(OC2CCC(C)C(CC3CC3)CC2)=NC1C. The molecular weight excluding hydrogens is 504 g/mol. The van der Waals surface area contributed by atoms with Crippen LogP contribution in [-0.4, -0.2) is 36.6 Å². The van der Waals surface area contributed by atoms with Crippen molar-refractivity contribution in [3.05, 3.63) is 35.4 Å². The fraction of sp³-hybridized carbons (Fsp3) is 0.735. The van der Waals surface area contributed by atoms with Crippen molar-refractivity contribution in [2.45, 2.75) is 123 Å². The van der Waals surface area contributed by atoms with E-state index in [1.54, 1.807) is 0 Å². The van der Waals surface area contributed by atoms with Crippen molar-refractivity contribution < 1.29 is 9.53 Å². The largest absolute Gasteiger partial charge is 0.475 e. The van der Waals surface area contributed by atoms with Crippen molar-refractivity contribution in [3.63, 3.8) is 0 Å². The molecule has 5 heteroatoms. The zero-order valence-electron chi connectivity index (χ0n) is 25.0. The van der Waals surface area contributed by atoms with E-state index in [4.69, 9.17) is 26.3 Å². The number of allylic oxidation sites excluding steroid dienone is 3. The van der Waals surface area contributed by atoms with Gasteiger partial charge in [-0.15, -0.1) is 0 Å². The third-order valence-electron chi connectivity index (χ3n) is 9.09. The maximum absolute atomic E-state index is 11.1. The second-order valence-electron chi connectivity index (χ2n) is 12.5. The molecule has 0 N–H and O–H groups in total. The molecule has 6 atom stereocenters.